The second kappa shape index (κ2) is 9.53. The molecule has 188 valence electrons. The van der Waals surface area contributed by atoms with Crippen molar-refractivity contribution in [2.45, 2.75) is 33.1 Å². The molecule has 37 heavy (non-hydrogen) atoms. The van der Waals surface area contributed by atoms with Gasteiger partial charge in [-0.15, -0.1) is 0 Å². The van der Waals surface area contributed by atoms with Crippen molar-refractivity contribution in [2.75, 3.05) is 5.32 Å². The minimum atomic E-state index is -4.41. The molecule has 0 bridgehead atoms. The highest BCUT2D eigenvalue weighted by molar-refractivity contribution is 5.96. The Balaban J connectivity index is 1.31. The van der Waals surface area contributed by atoms with Crippen molar-refractivity contribution in [2.24, 2.45) is 0 Å². The van der Waals surface area contributed by atoms with Crippen LogP contribution in [0.15, 0.2) is 73.2 Å². The maximum atomic E-state index is 13.0. The van der Waals surface area contributed by atoms with Gasteiger partial charge in [0.05, 0.1) is 29.7 Å². The van der Waals surface area contributed by atoms with Gasteiger partial charge in [0.2, 0.25) is 5.91 Å². The van der Waals surface area contributed by atoms with Crippen molar-refractivity contribution in [1.82, 2.24) is 24.5 Å². The molecule has 1 amide bonds. The Labute approximate surface area is 210 Å². The SMILES string of the molecule is Cc1cccc(-c2ccnc3c2c(C)nn3CC(=O)Nc2cnn(Cc3cccc(C(F)(F)F)c3)c2)c1. The third-order valence-electron chi connectivity index (χ3n) is 5.95. The van der Waals surface area contributed by atoms with Crippen molar-refractivity contribution in [1.29, 1.82) is 0 Å². The maximum absolute atomic E-state index is 13.0. The van der Waals surface area contributed by atoms with Crippen LogP contribution in [0.1, 0.15) is 22.4 Å². The van der Waals surface area contributed by atoms with E-state index in [0.717, 1.165) is 39.9 Å². The Bertz CT molecular complexity index is 1600. The highest BCUT2D eigenvalue weighted by Crippen LogP contribution is 2.31. The molecule has 5 aromatic rings. The van der Waals surface area contributed by atoms with Crippen LogP contribution in [0.25, 0.3) is 22.2 Å². The lowest BCUT2D eigenvalue weighted by Crippen LogP contribution is -2.19. The van der Waals surface area contributed by atoms with Crippen LogP contribution in [0.5, 0.6) is 0 Å². The summed E-state index contributed by atoms with van der Waals surface area (Å²) >= 11 is 0. The standard InChI is InChI=1S/C27H23F3N6O/c1-17-5-3-7-20(11-17)23-9-10-31-26-25(23)18(2)34-36(26)16-24(37)33-22-13-32-35(15-22)14-19-6-4-8-21(12-19)27(28,29)30/h3-13,15H,14,16H2,1-2H3,(H,33,37). The molecular formula is C27H23F3N6O. The van der Waals surface area contributed by atoms with Crippen molar-refractivity contribution in [3.05, 3.63) is 95.6 Å². The van der Waals surface area contributed by atoms with E-state index in [1.165, 1.54) is 16.9 Å². The largest absolute Gasteiger partial charge is 0.416 e. The van der Waals surface area contributed by atoms with Crippen LogP contribution >= 0.6 is 0 Å². The summed E-state index contributed by atoms with van der Waals surface area (Å²) < 4.78 is 42.0. The molecule has 0 fully saturated rings. The van der Waals surface area contributed by atoms with Crippen LogP contribution in [-0.2, 0) is 24.1 Å². The number of alkyl halides is 3. The molecule has 2 aromatic carbocycles. The van der Waals surface area contributed by atoms with Crippen molar-refractivity contribution in [3.8, 4) is 11.1 Å². The minimum Gasteiger partial charge on any atom is -0.322 e. The van der Waals surface area contributed by atoms with Crippen molar-refractivity contribution in [3.63, 3.8) is 0 Å². The zero-order valence-corrected chi connectivity index (χ0v) is 20.1. The summed E-state index contributed by atoms with van der Waals surface area (Å²) in [5, 5.41) is 12.4. The van der Waals surface area contributed by atoms with Gasteiger partial charge in [-0.2, -0.15) is 23.4 Å². The molecule has 0 spiro atoms. The number of nitrogens with one attached hydrogen (secondary N) is 1. The first-order valence-electron chi connectivity index (χ1n) is 11.5. The van der Waals surface area contributed by atoms with Gasteiger partial charge < -0.3 is 5.32 Å². The van der Waals surface area contributed by atoms with Crippen molar-refractivity contribution < 1.29 is 18.0 Å². The van der Waals surface area contributed by atoms with Crippen LogP contribution in [0.4, 0.5) is 18.9 Å². The first-order valence-corrected chi connectivity index (χ1v) is 11.5. The highest BCUT2D eigenvalue weighted by atomic mass is 19.4. The molecule has 10 heteroatoms. The molecule has 0 atom stereocenters. The molecule has 0 aliphatic carbocycles. The third kappa shape index (κ3) is 5.23. The van der Waals surface area contributed by atoms with Gasteiger partial charge in [0.15, 0.2) is 5.65 Å². The minimum absolute atomic E-state index is 0.0621. The Morgan fingerprint density at radius 1 is 1.05 bits per heavy atom. The molecule has 0 unspecified atom stereocenters. The van der Waals surface area contributed by atoms with Crippen LogP contribution in [-0.4, -0.2) is 30.5 Å². The fourth-order valence-corrected chi connectivity index (χ4v) is 4.33. The molecular weight excluding hydrogens is 481 g/mol. The second-order valence-corrected chi connectivity index (χ2v) is 8.84. The van der Waals surface area contributed by atoms with Gasteiger partial charge in [-0.25, -0.2) is 9.67 Å². The molecule has 0 saturated heterocycles. The molecule has 7 nitrogen and oxygen atoms in total. The van der Waals surface area contributed by atoms with E-state index in [4.69, 9.17) is 0 Å². The fraction of sp³-hybridized carbons (Fsp3) is 0.185. The summed E-state index contributed by atoms with van der Waals surface area (Å²) in [4.78, 5) is 17.3. The predicted molar refractivity (Wildman–Crippen MR) is 134 cm³/mol. The summed E-state index contributed by atoms with van der Waals surface area (Å²) in [6, 6.07) is 15.2. The number of carbonyl (C=O) groups is 1. The average molecular weight is 505 g/mol. The summed E-state index contributed by atoms with van der Waals surface area (Å²) in [7, 11) is 0. The number of rotatable bonds is 6. The lowest BCUT2D eigenvalue weighted by atomic mass is 10.0. The second-order valence-electron chi connectivity index (χ2n) is 8.84. The number of aryl methyl sites for hydroxylation is 2. The molecule has 0 radical (unpaired) electrons. The van der Waals surface area contributed by atoms with E-state index in [1.54, 1.807) is 23.1 Å². The Kier molecular flexibility index (Phi) is 6.24. The summed E-state index contributed by atoms with van der Waals surface area (Å²) in [6.45, 7) is 3.99. The van der Waals surface area contributed by atoms with E-state index < -0.39 is 11.7 Å². The third-order valence-corrected chi connectivity index (χ3v) is 5.95. The van der Waals surface area contributed by atoms with Crippen molar-refractivity contribution >= 4 is 22.6 Å². The van der Waals surface area contributed by atoms with Gasteiger partial charge in [0, 0.05) is 17.8 Å². The lowest BCUT2D eigenvalue weighted by molar-refractivity contribution is -0.137. The number of anilines is 1. The van der Waals surface area contributed by atoms with Gasteiger partial charge in [-0.05, 0) is 48.7 Å². The topological polar surface area (TPSA) is 77.6 Å². The van der Waals surface area contributed by atoms with E-state index in [2.05, 4.69) is 26.6 Å². The maximum Gasteiger partial charge on any atom is 0.416 e. The van der Waals surface area contributed by atoms with E-state index in [-0.39, 0.29) is 19.0 Å². The Hall–Kier alpha value is -4.47. The van der Waals surface area contributed by atoms with E-state index >= 15 is 0 Å². The fourth-order valence-electron chi connectivity index (χ4n) is 4.33. The average Bonchev–Trinajstić information content (AvgIpc) is 3.42. The van der Waals surface area contributed by atoms with Gasteiger partial charge in [0.1, 0.15) is 6.54 Å². The van der Waals surface area contributed by atoms with E-state index in [0.29, 0.717) is 16.9 Å². The Morgan fingerprint density at radius 2 is 1.86 bits per heavy atom. The van der Waals surface area contributed by atoms with Crippen LogP contribution in [0, 0.1) is 13.8 Å². The number of fused-ring (bicyclic) bond motifs is 1. The number of hydrogen-bond acceptors (Lipinski definition) is 4. The number of pyridine rings is 1. The molecule has 5 rings (SSSR count). The summed E-state index contributed by atoms with van der Waals surface area (Å²) in [6.07, 6.45) is 0.308. The van der Waals surface area contributed by atoms with Crippen LogP contribution < -0.4 is 5.32 Å². The smallest absolute Gasteiger partial charge is 0.322 e. The number of amides is 1. The number of benzene rings is 2. The molecule has 1 N–H and O–H groups in total. The number of aromatic nitrogens is 5. The van der Waals surface area contributed by atoms with E-state index in [1.807, 2.05) is 38.1 Å². The number of carbonyl (C=O) groups excluding carboxylic acids is 1. The van der Waals surface area contributed by atoms with E-state index in [9.17, 15) is 18.0 Å². The van der Waals surface area contributed by atoms with Gasteiger partial charge in [-0.1, -0.05) is 42.0 Å². The zero-order valence-electron chi connectivity index (χ0n) is 20.1. The summed E-state index contributed by atoms with van der Waals surface area (Å²) in [5.74, 6) is -0.328. The molecule has 0 saturated carbocycles. The number of halogens is 3. The molecule has 0 aliphatic rings. The molecule has 3 aromatic heterocycles. The summed E-state index contributed by atoms with van der Waals surface area (Å²) in [5.41, 5.74) is 4.71. The number of hydrogen-bond donors (Lipinski definition) is 1. The zero-order chi connectivity index (χ0) is 26.2. The van der Waals surface area contributed by atoms with Crippen LogP contribution in [0.3, 0.4) is 0 Å². The lowest BCUT2D eigenvalue weighted by Gasteiger charge is -2.08. The predicted octanol–water partition coefficient (Wildman–Crippen LogP) is 5.62. The van der Waals surface area contributed by atoms with Gasteiger partial charge in [0.25, 0.3) is 0 Å². The first-order chi connectivity index (χ1) is 17.7. The van der Waals surface area contributed by atoms with Crippen LogP contribution in [0.2, 0.25) is 0 Å². The molecule has 0 aliphatic heterocycles. The Morgan fingerprint density at radius 3 is 2.65 bits per heavy atom. The van der Waals surface area contributed by atoms with Gasteiger partial charge in [-0.3, -0.25) is 9.48 Å². The first kappa shape index (κ1) is 24.2. The monoisotopic (exact) mass is 504 g/mol. The quantitative estimate of drug-likeness (QED) is 0.326. The highest BCUT2D eigenvalue weighted by Gasteiger charge is 2.30. The normalized spacial score (nSPS) is 11.7. The molecule has 3 heterocycles. The van der Waals surface area contributed by atoms with Gasteiger partial charge >= 0.3 is 6.18 Å². The number of nitrogens with zero attached hydrogens (tertiary/aromatic N) is 5.